The van der Waals surface area contributed by atoms with Crippen molar-refractivity contribution in [3.8, 4) is 0 Å². The molecule has 2 aromatic carbocycles. The van der Waals surface area contributed by atoms with E-state index in [1.165, 1.54) is 11.3 Å². The van der Waals surface area contributed by atoms with Gasteiger partial charge in [0.2, 0.25) is 0 Å². The first kappa shape index (κ1) is 20.4. The van der Waals surface area contributed by atoms with Crippen molar-refractivity contribution < 1.29 is 9.53 Å². The molecule has 0 bridgehead atoms. The molecule has 1 atom stereocenters. The number of anilines is 1. The van der Waals surface area contributed by atoms with Crippen LogP contribution < -0.4 is 10.9 Å². The van der Waals surface area contributed by atoms with Crippen LogP contribution in [0.1, 0.15) is 23.3 Å². The summed E-state index contributed by atoms with van der Waals surface area (Å²) in [6.07, 6.45) is 4.40. The number of nitrogens with one attached hydrogen (secondary N) is 1. The standard InChI is InChI=1S/C25H24N4O3S/c30-24-22-19-10-11-28(25(31)27-20-9-3-6-16-5-1-2-8-18(16)20)14-21(19)33-23(22)26-15-29(24)13-17-7-4-12-32-17/h1-3,5-6,8-9,15,17H,4,7,10-14H2,(H,27,31). The van der Waals surface area contributed by atoms with Crippen LogP contribution in [0.3, 0.4) is 0 Å². The lowest BCUT2D eigenvalue weighted by molar-refractivity contribution is 0.0960. The maximum absolute atomic E-state index is 13.2. The van der Waals surface area contributed by atoms with Gasteiger partial charge in [0, 0.05) is 23.4 Å². The number of aromatic nitrogens is 2. The van der Waals surface area contributed by atoms with Gasteiger partial charge in [0.05, 0.1) is 36.6 Å². The summed E-state index contributed by atoms with van der Waals surface area (Å²) in [4.78, 5) is 34.5. The number of carbonyl (C=O) groups is 1. The van der Waals surface area contributed by atoms with Crippen LogP contribution in [0, 0.1) is 0 Å². The summed E-state index contributed by atoms with van der Waals surface area (Å²) in [5, 5.41) is 5.90. The van der Waals surface area contributed by atoms with Gasteiger partial charge in [-0.05, 0) is 36.3 Å². The fourth-order valence-electron chi connectivity index (χ4n) is 4.86. The van der Waals surface area contributed by atoms with Gasteiger partial charge < -0.3 is 15.0 Å². The molecule has 6 rings (SSSR count). The highest BCUT2D eigenvalue weighted by Crippen LogP contribution is 2.33. The quantitative estimate of drug-likeness (QED) is 0.492. The topological polar surface area (TPSA) is 76.5 Å². The molecule has 2 amide bonds. The first-order valence-electron chi connectivity index (χ1n) is 11.3. The first-order chi connectivity index (χ1) is 16.2. The molecule has 7 nitrogen and oxygen atoms in total. The molecule has 1 N–H and O–H groups in total. The normalized spacial score (nSPS) is 18.1. The second-order valence-electron chi connectivity index (χ2n) is 8.65. The molecule has 0 radical (unpaired) electrons. The Labute approximate surface area is 194 Å². The fraction of sp³-hybridized carbons (Fsp3) is 0.320. The van der Waals surface area contributed by atoms with Crippen molar-refractivity contribution in [3.05, 3.63) is 69.6 Å². The minimum atomic E-state index is -0.127. The van der Waals surface area contributed by atoms with E-state index >= 15 is 0 Å². The van der Waals surface area contributed by atoms with E-state index in [-0.39, 0.29) is 17.7 Å². The number of hydrogen-bond acceptors (Lipinski definition) is 5. The van der Waals surface area contributed by atoms with Crippen molar-refractivity contribution >= 4 is 44.0 Å². The van der Waals surface area contributed by atoms with Gasteiger partial charge in [0.25, 0.3) is 5.56 Å². The smallest absolute Gasteiger partial charge is 0.322 e. The molecule has 4 aromatic rings. The molecule has 4 heterocycles. The Morgan fingerprint density at radius 2 is 2.09 bits per heavy atom. The molecular weight excluding hydrogens is 436 g/mol. The van der Waals surface area contributed by atoms with E-state index in [1.807, 2.05) is 47.4 Å². The highest BCUT2D eigenvalue weighted by Gasteiger charge is 2.27. The molecule has 1 unspecified atom stereocenters. The summed E-state index contributed by atoms with van der Waals surface area (Å²) >= 11 is 1.52. The number of rotatable bonds is 3. The van der Waals surface area contributed by atoms with E-state index in [1.54, 1.807) is 10.9 Å². The summed E-state index contributed by atoms with van der Waals surface area (Å²) in [6.45, 7) is 2.36. The summed E-state index contributed by atoms with van der Waals surface area (Å²) in [5.74, 6) is 0. The molecule has 2 aromatic heterocycles. The molecule has 0 saturated carbocycles. The largest absolute Gasteiger partial charge is 0.376 e. The number of thiophene rings is 1. The molecule has 0 aliphatic carbocycles. The third-order valence-corrected chi connectivity index (χ3v) is 7.69. The molecule has 168 valence electrons. The number of urea groups is 1. The molecule has 0 spiro atoms. The van der Waals surface area contributed by atoms with Crippen molar-refractivity contribution in [2.75, 3.05) is 18.5 Å². The van der Waals surface area contributed by atoms with Gasteiger partial charge >= 0.3 is 6.03 Å². The number of hydrogen-bond donors (Lipinski definition) is 1. The third kappa shape index (κ3) is 3.69. The Hall–Kier alpha value is -3.23. The van der Waals surface area contributed by atoms with E-state index in [2.05, 4.69) is 10.3 Å². The van der Waals surface area contributed by atoms with Crippen LogP contribution in [0.2, 0.25) is 0 Å². The van der Waals surface area contributed by atoms with E-state index in [4.69, 9.17) is 4.74 Å². The van der Waals surface area contributed by atoms with Crippen LogP contribution in [0.15, 0.2) is 53.6 Å². The van der Waals surface area contributed by atoms with Gasteiger partial charge in [-0.3, -0.25) is 9.36 Å². The zero-order valence-electron chi connectivity index (χ0n) is 18.1. The van der Waals surface area contributed by atoms with Crippen LogP contribution in [0.5, 0.6) is 0 Å². The number of benzene rings is 2. The number of fused-ring (bicyclic) bond motifs is 4. The molecule has 1 fully saturated rings. The maximum Gasteiger partial charge on any atom is 0.322 e. The predicted molar refractivity (Wildman–Crippen MR) is 130 cm³/mol. The summed E-state index contributed by atoms with van der Waals surface area (Å²) in [5.41, 5.74) is 1.85. The zero-order chi connectivity index (χ0) is 22.4. The Bertz CT molecular complexity index is 1420. The molecule has 1 saturated heterocycles. The Morgan fingerprint density at radius 1 is 1.21 bits per heavy atom. The fourth-order valence-corrected chi connectivity index (χ4v) is 6.05. The lowest BCUT2D eigenvalue weighted by Gasteiger charge is -2.27. The average Bonchev–Trinajstić information content (AvgIpc) is 3.48. The van der Waals surface area contributed by atoms with Crippen molar-refractivity contribution in [3.63, 3.8) is 0 Å². The summed E-state index contributed by atoms with van der Waals surface area (Å²) in [6, 6.07) is 13.8. The van der Waals surface area contributed by atoms with Crippen LogP contribution in [-0.2, 0) is 24.2 Å². The molecule has 2 aliphatic heterocycles. The molecule has 33 heavy (non-hydrogen) atoms. The third-order valence-electron chi connectivity index (χ3n) is 6.57. The van der Waals surface area contributed by atoms with Gasteiger partial charge in [-0.2, -0.15) is 0 Å². The molecule has 2 aliphatic rings. The Balaban J connectivity index is 1.25. The number of amides is 2. The van der Waals surface area contributed by atoms with Gasteiger partial charge in [-0.25, -0.2) is 9.78 Å². The van der Waals surface area contributed by atoms with Crippen LogP contribution in [-0.4, -0.2) is 39.7 Å². The number of ether oxygens (including phenoxy) is 1. The number of carbonyl (C=O) groups excluding carboxylic acids is 1. The lowest BCUT2D eigenvalue weighted by Crippen LogP contribution is -2.38. The second kappa shape index (κ2) is 8.28. The lowest BCUT2D eigenvalue weighted by atomic mass is 10.1. The van der Waals surface area contributed by atoms with E-state index in [9.17, 15) is 9.59 Å². The summed E-state index contributed by atoms with van der Waals surface area (Å²) in [7, 11) is 0. The van der Waals surface area contributed by atoms with Crippen molar-refractivity contribution in [1.82, 2.24) is 14.5 Å². The first-order valence-corrected chi connectivity index (χ1v) is 12.1. The zero-order valence-corrected chi connectivity index (χ0v) is 18.9. The van der Waals surface area contributed by atoms with Gasteiger partial charge in [0.1, 0.15) is 4.83 Å². The van der Waals surface area contributed by atoms with Crippen molar-refractivity contribution in [2.24, 2.45) is 0 Å². The Morgan fingerprint density at radius 3 is 2.97 bits per heavy atom. The highest BCUT2D eigenvalue weighted by atomic mass is 32.1. The van der Waals surface area contributed by atoms with Gasteiger partial charge in [-0.1, -0.05) is 36.4 Å². The minimum absolute atomic E-state index is 0.00153. The molecule has 8 heteroatoms. The SMILES string of the molecule is O=C(Nc1cccc2ccccc12)N1CCc2c(sc3ncn(CC4CCCO4)c(=O)c23)C1. The predicted octanol–water partition coefficient (Wildman–Crippen LogP) is 4.38. The average molecular weight is 461 g/mol. The van der Waals surface area contributed by atoms with Crippen molar-refractivity contribution in [1.29, 1.82) is 0 Å². The van der Waals surface area contributed by atoms with E-state index in [0.717, 1.165) is 51.2 Å². The second-order valence-corrected chi connectivity index (χ2v) is 9.73. The van der Waals surface area contributed by atoms with E-state index in [0.29, 0.717) is 31.4 Å². The van der Waals surface area contributed by atoms with E-state index < -0.39 is 0 Å². The Kier molecular flexibility index (Phi) is 5.11. The van der Waals surface area contributed by atoms with Crippen LogP contribution in [0.25, 0.3) is 21.0 Å². The van der Waals surface area contributed by atoms with Crippen LogP contribution in [0.4, 0.5) is 10.5 Å². The summed E-state index contributed by atoms with van der Waals surface area (Å²) < 4.78 is 7.38. The van der Waals surface area contributed by atoms with Gasteiger partial charge in [-0.15, -0.1) is 11.3 Å². The van der Waals surface area contributed by atoms with Crippen molar-refractivity contribution in [2.45, 2.75) is 38.5 Å². The maximum atomic E-state index is 13.2. The number of nitrogens with zero attached hydrogens (tertiary/aromatic N) is 3. The highest BCUT2D eigenvalue weighted by molar-refractivity contribution is 7.18. The molecular formula is C25H24N4O3S. The van der Waals surface area contributed by atoms with Crippen LogP contribution >= 0.6 is 11.3 Å². The monoisotopic (exact) mass is 460 g/mol. The minimum Gasteiger partial charge on any atom is -0.376 e. The van der Waals surface area contributed by atoms with Gasteiger partial charge in [0.15, 0.2) is 0 Å².